The van der Waals surface area contributed by atoms with Gasteiger partial charge in [0.05, 0.1) is 0 Å². The average molecular weight is 561 g/mol. The van der Waals surface area contributed by atoms with Crippen molar-refractivity contribution in [2.75, 3.05) is 0 Å². The number of rotatable bonds is 2. The van der Waals surface area contributed by atoms with Gasteiger partial charge in [-0.15, -0.1) is 11.3 Å². The normalized spacial score (nSPS) is 12.2. The Kier molecular flexibility index (Phi) is 4.69. The van der Waals surface area contributed by atoms with Gasteiger partial charge in [0, 0.05) is 20.2 Å². The van der Waals surface area contributed by atoms with E-state index in [-0.39, 0.29) is 0 Å². The Morgan fingerprint density at radius 3 is 1.49 bits per heavy atom. The van der Waals surface area contributed by atoms with Crippen molar-refractivity contribution in [1.29, 1.82) is 0 Å². The van der Waals surface area contributed by atoms with Gasteiger partial charge in [-0.05, 0) is 89.0 Å². The van der Waals surface area contributed by atoms with Crippen molar-refractivity contribution in [3.63, 3.8) is 0 Å². The van der Waals surface area contributed by atoms with Crippen LogP contribution >= 0.6 is 11.3 Å². The molecule has 0 N–H and O–H groups in total. The quantitative estimate of drug-likeness (QED) is 0.184. The van der Waals surface area contributed by atoms with E-state index in [4.69, 9.17) is 0 Å². The molecule has 8 aromatic carbocycles. The molecule has 198 valence electrons. The van der Waals surface area contributed by atoms with Crippen LogP contribution in [0.25, 0.3) is 97.0 Å². The second kappa shape index (κ2) is 8.64. The van der Waals surface area contributed by atoms with Crippen molar-refractivity contribution >= 4 is 63.8 Å². The molecule has 1 aromatic heterocycles. The first-order valence-electron chi connectivity index (χ1n) is 14.9. The van der Waals surface area contributed by atoms with E-state index in [0.29, 0.717) is 0 Å². The summed E-state index contributed by atoms with van der Waals surface area (Å²) in [6, 6.07) is 54.1. The van der Waals surface area contributed by atoms with E-state index in [1.54, 1.807) is 0 Å². The summed E-state index contributed by atoms with van der Waals surface area (Å²) in [5.74, 6) is 0. The summed E-state index contributed by atoms with van der Waals surface area (Å²) in [6.07, 6.45) is 0. The topological polar surface area (TPSA) is 0 Å². The van der Waals surface area contributed by atoms with Crippen LogP contribution in [0.5, 0.6) is 0 Å². The minimum absolute atomic E-state index is 1.25. The molecule has 0 fully saturated rings. The third-order valence-electron chi connectivity index (χ3n) is 9.39. The second-order valence-corrected chi connectivity index (χ2v) is 12.6. The van der Waals surface area contributed by atoms with Crippen LogP contribution in [-0.2, 0) is 0 Å². The summed E-state index contributed by atoms with van der Waals surface area (Å²) < 4.78 is 2.71. The lowest BCUT2D eigenvalue weighted by atomic mass is 9.83. The molecule has 1 heteroatoms. The molecular formula is C42H24S. The summed E-state index contributed by atoms with van der Waals surface area (Å²) in [5, 5.41) is 10.7. The maximum absolute atomic E-state index is 2.49. The monoisotopic (exact) mass is 560 g/mol. The maximum Gasteiger partial charge on any atom is 0.0368 e. The van der Waals surface area contributed by atoms with Crippen molar-refractivity contribution in [3.05, 3.63) is 146 Å². The van der Waals surface area contributed by atoms with E-state index < -0.39 is 0 Å². The first kappa shape index (κ1) is 23.3. The Bertz CT molecular complexity index is 2550. The van der Waals surface area contributed by atoms with Crippen LogP contribution in [0.3, 0.4) is 0 Å². The molecule has 10 rings (SSSR count). The van der Waals surface area contributed by atoms with Crippen LogP contribution in [0.4, 0.5) is 0 Å². The standard InChI is InChI=1S/C42H24S/c1-2-12-25(13-3-1)38-30-16-6-8-18-32(30)39(33-19-9-7-17-31(33)38)35-24-37-42-40-28(20-10-21-34(35)40)26-14-4-5-15-27(26)29-22-11-23-36(43-37)41(29)42/h1-24H. The first-order chi connectivity index (χ1) is 21.4. The van der Waals surface area contributed by atoms with Crippen LogP contribution in [0.2, 0.25) is 0 Å². The molecule has 0 aliphatic heterocycles. The summed E-state index contributed by atoms with van der Waals surface area (Å²) in [4.78, 5) is 0. The smallest absolute Gasteiger partial charge is 0.0368 e. The molecular weight excluding hydrogens is 537 g/mol. The molecule has 43 heavy (non-hydrogen) atoms. The van der Waals surface area contributed by atoms with Crippen LogP contribution in [0.15, 0.2) is 146 Å². The zero-order chi connectivity index (χ0) is 28.1. The highest BCUT2D eigenvalue weighted by atomic mass is 32.1. The molecule has 0 amide bonds. The van der Waals surface area contributed by atoms with Gasteiger partial charge in [-0.25, -0.2) is 0 Å². The van der Waals surface area contributed by atoms with Crippen LogP contribution in [-0.4, -0.2) is 0 Å². The second-order valence-electron chi connectivity index (χ2n) is 11.6. The van der Waals surface area contributed by atoms with Gasteiger partial charge in [-0.1, -0.05) is 133 Å². The van der Waals surface area contributed by atoms with E-state index in [1.165, 1.54) is 97.0 Å². The Labute approximate surface area is 253 Å². The Hall–Kier alpha value is -5.24. The lowest BCUT2D eigenvalue weighted by molar-refractivity contribution is 1.64. The Morgan fingerprint density at radius 2 is 0.814 bits per heavy atom. The minimum atomic E-state index is 1.25. The molecule has 0 saturated carbocycles. The molecule has 0 saturated heterocycles. The molecule has 0 nitrogen and oxygen atoms in total. The van der Waals surface area contributed by atoms with E-state index in [1.807, 2.05) is 11.3 Å². The molecule has 0 spiro atoms. The highest BCUT2D eigenvalue weighted by Crippen LogP contribution is 2.54. The molecule has 1 aliphatic rings. The summed E-state index contributed by atoms with van der Waals surface area (Å²) in [6.45, 7) is 0. The highest BCUT2D eigenvalue weighted by molar-refractivity contribution is 7.26. The van der Waals surface area contributed by atoms with Gasteiger partial charge in [-0.2, -0.15) is 0 Å². The average Bonchev–Trinajstić information content (AvgIpc) is 3.39. The summed E-state index contributed by atoms with van der Waals surface area (Å²) >= 11 is 1.93. The van der Waals surface area contributed by atoms with Gasteiger partial charge < -0.3 is 0 Å². The molecule has 0 bridgehead atoms. The van der Waals surface area contributed by atoms with Crippen molar-refractivity contribution in [2.45, 2.75) is 0 Å². The molecule has 1 heterocycles. The highest BCUT2D eigenvalue weighted by Gasteiger charge is 2.25. The number of benzene rings is 8. The number of fused-ring (bicyclic) bond motifs is 5. The lowest BCUT2D eigenvalue weighted by Crippen LogP contribution is -1.92. The summed E-state index contributed by atoms with van der Waals surface area (Å²) in [7, 11) is 0. The molecule has 0 unspecified atom stereocenters. The third-order valence-corrected chi connectivity index (χ3v) is 10.5. The fraction of sp³-hybridized carbons (Fsp3) is 0. The van der Waals surface area contributed by atoms with Crippen LogP contribution < -0.4 is 0 Å². The zero-order valence-electron chi connectivity index (χ0n) is 23.3. The van der Waals surface area contributed by atoms with E-state index in [9.17, 15) is 0 Å². The van der Waals surface area contributed by atoms with E-state index >= 15 is 0 Å². The number of hydrogen-bond acceptors (Lipinski definition) is 1. The largest absolute Gasteiger partial charge is 0.135 e. The van der Waals surface area contributed by atoms with Gasteiger partial charge in [-0.3, -0.25) is 0 Å². The Morgan fingerprint density at radius 1 is 0.302 bits per heavy atom. The molecule has 1 aliphatic carbocycles. The predicted molar refractivity (Wildman–Crippen MR) is 187 cm³/mol. The van der Waals surface area contributed by atoms with Gasteiger partial charge in [0.15, 0.2) is 0 Å². The first-order valence-corrected chi connectivity index (χ1v) is 15.7. The van der Waals surface area contributed by atoms with Gasteiger partial charge >= 0.3 is 0 Å². The molecule has 0 atom stereocenters. The van der Waals surface area contributed by atoms with Gasteiger partial charge in [0.2, 0.25) is 0 Å². The van der Waals surface area contributed by atoms with Crippen LogP contribution in [0, 0.1) is 0 Å². The molecule has 9 aromatic rings. The predicted octanol–water partition coefficient (Wildman–Crippen LogP) is 12.5. The fourth-order valence-corrected chi connectivity index (χ4v) is 8.90. The van der Waals surface area contributed by atoms with E-state index in [2.05, 4.69) is 146 Å². The minimum Gasteiger partial charge on any atom is -0.135 e. The van der Waals surface area contributed by atoms with Crippen molar-refractivity contribution < 1.29 is 0 Å². The maximum atomic E-state index is 2.49. The van der Waals surface area contributed by atoms with Crippen LogP contribution in [0.1, 0.15) is 0 Å². The number of hydrogen-bond donors (Lipinski definition) is 0. The zero-order valence-corrected chi connectivity index (χ0v) is 24.1. The number of thiophene rings is 1. The third kappa shape index (κ3) is 3.10. The van der Waals surface area contributed by atoms with Gasteiger partial charge in [0.25, 0.3) is 0 Å². The SMILES string of the molecule is c1ccc(-c2c3ccccc3c(-c3cc4sc5cccc6c5c4c4c(cccc34)-c3ccccc3-6)c3ccccc23)cc1. The van der Waals surface area contributed by atoms with Gasteiger partial charge in [0.1, 0.15) is 0 Å². The van der Waals surface area contributed by atoms with Crippen molar-refractivity contribution in [2.24, 2.45) is 0 Å². The lowest BCUT2D eigenvalue weighted by Gasteiger charge is -2.20. The van der Waals surface area contributed by atoms with Crippen molar-refractivity contribution in [3.8, 4) is 44.5 Å². The summed E-state index contributed by atoms with van der Waals surface area (Å²) in [5.41, 5.74) is 10.5. The van der Waals surface area contributed by atoms with Crippen molar-refractivity contribution in [1.82, 2.24) is 0 Å². The van der Waals surface area contributed by atoms with E-state index in [0.717, 1.165) is 0 Å². The fourth-order valence-electron chi connectivity index (χ4n) is 7.71. The Balaban J connectivity index is 1.45. The molecule has 0 radical (unpaired) electrons.